The second-order valence-electron chi connectivity index (χ2n) is 9.24. The molecule has 0 atom stereocenters. The van der Waals surface area contributed by atoms with Crippen LogP contribution in [0.2, 0.25) is 0 Å². The van der Waals surface area contributed by atoms with E-state index in [0.717, 1.165) is 55.3 Å². The van der Waals surface area contributed by atoms with Crippen LogP contribution in [-0.2, 0) is 0 Å². The van der Waals surface area contributed by atoms with Crippen molar-refractivity contribution in [2.24, 2.45) is 0 Å². The van der Waals surface area contributed by atoms with Crippen LogP contribution >= 0.6 is 0 Å². The van der Waals surface area contributed by atoms with Crippen LogP contribution in [0, 0.1) is 0 Å². The lowest BCUT2D eigenvalue weighted by molar-refractivity contribution is 0.340. The average molecular weight is 529 g/mol. The number of hydrogen-bond donors (Lipinski definition) is 2. The Morgan fingerprint density at radius 3 is 1.20 bits per heavy atom. The quantitative estimate of drug-likeness (QED) is 0.226. The van der Waals surface area contributed by atoms with Crippen molar-refractivity contribution in [2.45, 2.75) is 13.8 Å². The normalized spacial score (nSPS) is 10.7. The van der Waals surface area contributed by atoms with E-state index in [4.69, 9.17) is 9.47 Å². The molecular weight excluding hydrogens is 496 g/mol. The van der Waals surface area contributed by atoms with Crippen LogP contribution in [0.5, 0.6) is 23.0 Å². The zero-order valence-corrected chi connectivity index (χ0v) is 22.7. The third-order valence-corrected chi connectivity index (χ3v) is 6.70. The van der Waals surface area contributed by atoms with Gasteiger partial charge in [0.25, 0.3) is 0 Å². The molecule has 0 spiro atoms. The van der Waals surface area contributed by atoms with E-state index in [9.17, 15) is 10.2 Å². The van der Waals surface area contributed by atoms with Gasteiger partial charge in [0, 0.05) is 10.8 Å². The van der Waals surface area contributed by atoms with Gasteiger partial charge in [-0.15, -0.1) is 0 Å². The lowest BCUT2D eigenvalue weighted by Crippen LogP contribution is -1.95. The summed E-state index contributed by atoms with van der Waals surface area (Å²) in [6.45, 7) is 5.03. The van der Waals surface area contributed by atoms with Gasteiger partial charge < -0.3 is 19.7 Å². The molecule has 0 amide bonds. The largest absolute Gasteiger partial charge is 0.507 e. The standard InChI is InChI=1S/2C18H16O2/c2*1-2-20-16-12-14-10-6-7-11-15(14)18(19)17(16)13-8-4-3-5-9-13/h2*3-12,19H,2H2,1H3. The molecule has 0 bridgehead atoms. The number of hydrogen-bond acceptors (Lipinski definition) is 4. The van der Waals surface area contributed by atoms with Crippen LogP contribution < -0.4 is 9.47 Å². The maximum absolute atomic E-state index is 10.6. The van der Waals surface area contributed by atoms with Gasteiger partial charge in [0.2, 0.25) is 0 Å². The number of fused-ring (bicyclic) bond motifs is 2. The first-order valence-corrected chi connectivity index (χ1v) is 13.5. The molecule has 0 unspecified atom stereocenters. The van der Waals surface area contributed by atoms with Gasteiger partial charge in [-0.2, -0.15) is 0 Å². The van der Waals surface area contributed by atoms with Gasteiger partial charge in [0.15, 0.2) is 0 Å². The van der Waals surface area contributed by atoms with E-state index in [0.29, 0.717) is 13.2 Å². The van der Waals surface area contributed by atoms with Crippen LogP contribution in [0.4, 0.5) is 0 Å². The van der Waals surface area contributed by atoms with E-state index >= 15 is 0 Å². The van der Waals surface area contributed by atoms with Crippen molar-refractivity contribution in [3.05, 3.63) is 121 Å². The van der Waals surface area contributed by atoms with Crippen molar-refractivity contribution < 1.29 is 19.7 Å². The number of ether oxygens (including phenoxy) is 2. The Morgan fingerprint density at radius 1 is 0.475 bits per heavy atom. The monoisotopic (exact) mass is 528 g/mol. The van der Waals surface area contributed by atoms with Crippen LogP contribution in [0.3, 0.4) is 0 Å². The number of phenols is 2. The molecule has 0 saturated heterocycles. The first kappa shape index (κ1) is 26.6. The molecule has 6 aromatic carbocycles. The van der Waals surface area contributed by atoms with E-state index in [2.05, 4.69) is 0 Å². The highest BCUT2D eigenvalue weighted by molar-refractivity contribution is 5.98. The molecule has 6 rings (SSSR count). The van der Waals surface area contributed by atoms with Gasteiger partial charge in [-0.25, -0.2) is 0 Å². The molecule has 200 valence electrons. The van der Waals surface area contributed by atoms with Gasteiger partial charge in [0.05, 0.1) is 24.3 Å². The molecule has 40 heavy (non-hydrogen) atoms. The van der Waals surface area contributed by atoms with Gasteiger partial charge in [-0.05, 0) is 47.9 Å². The first-order chi connectivity index (χ1) is 19.6. The Labute approximate surface area is 234 Å². The topological polar surface area (TPSA) is 58.9 Å². The second kappa shape index (κ2) is 12.3. The minimum atomic E-state index is 0.276. The predicted octanol–water partition coefficient (Wildman–Crippen LogP) is 9.22. The van der Waals surface area contributed by atoms with Crippen molar-refractivity contribution in [3.8, 4) is 45.3 Å². The van der Waals surface area contributed by atoms with Crippen molar-refractivity contribution in [1.29, 1.82) is 0 Å². The molecule has 0 aliphatic rings. The Morgan fingerprint density at radius 2 is 0.825 bits per heavy atom. The van der Waals surface area contributed by atoms with Crippen LogP contribution in [0.1, 0.15) is 13.8 Å². The van der Waals surface area contributed by atoms with Crippen molar-refractivity contribution in [2.75, 3.05) is 13.2 Å². The molecule has 0 fully saturated rings. The third-order valence-electron chi connectivity index (χ3n) is 6.70. The fraction of sp³-hybridized carbons (Fsp3) is 0.111. The lowest BCUT2D eigenvalue weighted by Gasteiger charge is -2.14. The molecule has 2 N–H and O–H groups in total. The SMILES string of the molecule is CCOc1cc2ccccc2c(O)c1-c1ccccc1.CCOc1cc2ccccc2c(O)c1-c1ccccc1. The molecular formula is C36H32O4. The maximum Gasteiger partial charge on any atom is 0.134 e. The Kier molecular flexibility index (Phi) is 8.17. The lowest BCUT2D eigenvalue weighted by atomic mass is 9.98. The minimum absolute atomic E-state index is 0.276. The highest BCUT2D eigenvalue weighted by atomic mass is 16.5. The highest BCUT2D eigenvalue weighted by Crippen LogP contribution is 2.44. The molecule has 6 aromatic rings. The summed E-state index contributed by atoms with van der Waals surface area (Å²) in [5, 5.41) is 24.9. The summed E-state index contributed by atoms with van der Waals surface area (Å²) in [5.41, 5.74) is 3.43. The molecule has 0 aliphatic heterocycles. The van der Waals surface area contributed by atoms with E-state index in [-0.39, 0.29) is 11.5 Å². The Bertz CT molecular complexity index is 1600. The molecule has 0 radical (unpaired) electrons. The first-order valence-electron chi connectivity index (χ1n) is 13.5. The summed E-state index contributed by atoms with van der Waals surface area (Å²) in [6, 6.07) is 39.2. The van der Waals surface area contributed by atoms with Crippen LogP contribution in [-0.4, -0.2) is 23.4 Å². The summed E-state index contributed by atoms with van der Waals surface area (Å²) in [4.78, 5) is 0. The summed E-state index contributed by atoms with van der Waals surface area (Å²) < 4.78 is 11.4. The van der Waals surface area contributed by atoms with Gasteiger partial charge in [-0.3, -0.25) is 0 Å². The summed E-state index contributed by atoms with van der Waals surface area (Å²) >= 11 is 0. The molecule has 0 saturated carbocycles. The molecule has 0 aliphatic carbocycles. The molecule has 0 aromatic heterocycles. The second-order valence-corrected chi connectivity index (χ2v) is 9.24. The third kappa shape index (κ3) is 5.43. The van der Waals surface area contributed by atoms with E-state index in [1.54, 1.807) is 0 Å². The van der Waals surface area contributed by atoms with Gasteiger partial charge in [-0.1, -0.05) is 109 Å². The average Bonchev–Trinajstić information content (AvgIpc) is 2.99. The Hall–Kier alpha value is -4.96. The zero-order valence-electron chi connectivity index (χ0n) is 22.7. The van der Waals surface area contributed by atoms with Crippen molar-refractivity contribution in [1.82, 2.24) is 0 Å². The zero-order chi connectivity index (χ0) is 27.9. The summed E-state index contributed by atoms with van der Waals surface area (Å²) in [6.07, 6.45) is 0. The molecule has 4 heteroatoms. The summed E-state index contributed by atoms with van der Waals surface area (Å²) in [5.74, 6) is 1.99. The number of aromatic hydroxyl groups is 2. The fourth-order valence-corrected chi connectivity index (χ4v) is 4.91. The highest BCUT2D eigenvalue weighted by Gasteiger charge is 2.16. The van der Waals surface area contributed by atoms with E-state index in [1.807, 2.05) is 135 Å². The van der Waals surface area contributed by atoms with Crippen molar-refractivity contribution >= 4 is 21.5 Å². The van der Waals surface area contributed by atoms with Gasteiger partial charge >= 0.3 is 0 Å². The molecule has 4 nitrogen and oxygen atoms in total. The number of benzene rings is 6. The maximum atomic E-state index is 10.6. The molecule has 0 heterocycles. The van der Waals surface area contributed by atoms with E-state index < -0.39 is 0 Å². The van der Waals surface area contributed by atoms with Gasteiger partial charge in [0.1, 0.15) is 23.0 Å². The van der Waals surface area contributed by atoms with Crippen LogP contribution in [0.25, 0.3) is 43.8 Å². The fourth-order valence-electron chi connectivity index (χ4n) is 4.91. The summed E-state index contributed by atoms with van der Waals surface area (Å²) in [7, 11) is 0. The smallest absolute Gasteiger partial charge is 0.134 e. The number of rotatable bonds is 6. The number of phenolic OH excluding ortho intramolecular Hbond substituents is 2. The minimum Gasteiger partial charge on any atom is -0.507 e. The van der Waals surface area contributed by atoms with E-state index in [1.165, 1.54) is 0 Å². The van der Waals surface area contributed by atoms with Crippen LogP contribution in [0.15, 0.2) is 121 Å². The predicted molar refractivity (Wildman–Crippen MR) is 164 cm³/mol. The van der Waals surface area contributed by atoms with Crippen molar-refractivity contribution in [3.63, 3.8) is 0 Å². The Balaban J connectivity index is 0.000000161.